The molecule has 0 atom stereocenters. The number of nitriles is 1. The van der Waals surface area contributed by atoms with Crippen molar-refractivity contribution in [3.8, 4) is 6.07 Å². The van der Waals surface area contributed by atoms with E-state index in [4.69, 9.17) is 5.26 Å². The molecule has 0 aromatic rings. The zero-order chi connectivity index (χ0) is 17.2. The summed E-state index contributed by atoms with van der Waals surface area (Å²) in [5.41, 5.74) is 0. The molecule has 0 bridgehead atoms. The van der Waals surface area contributed by atoms with E-state index in [0.717, 1.165) is 51.4 Å². The largest absolute Gasteiger partial charge is 0.215 e. The van der Waals surface area contributed by atoms with Gasteiger partial charge in [0.25, 0.3) is 0 Å². The molecule has 0 fully saturated rings. The molecule has 0 heterocycles. The Balaban J connectivity index is 3.37. The highest BCUT2D eigenvalue weighted by Crippen LogP contribution is 2.08. The molecule has 0 amide bonds. The Morgan fingerprint density at radius 2 is 1.30 bits per heavy atom. The Bertz CT molecular complexity index is 388. The average Bonchev–Trinajstić information content (AvgIpc) is 2.52. The molecule has 0 unspecified atom stereocenters. The molecule has 23 heavy (non-hydrogen) atoms. The molecule has 0 aliphatic heterocycles. The maximum atomic E-state index is 11.8. The van der Waals surface area contributed by atoms with Crippen LogP contribution in [0.3, 0.4) is 0 Å². The van der Waals surface area contributed by atoms with Crippen LogP contribution in [0, 0.1) is 11.3 Å². The van der Waals surface area contributed by atoms with Crippen molar-refractivity contribution in [2.45, 2.75) is 96.8 Å². The van der Waals surface area contributed by atoms with Crippen LogP contribution in [0.2, 0.25) is 0 Å². The van der Waals surface area contributed by atoms with E-state index in [0.29, 0.717) is 13.0 Å². The quantitative estimate of drug-likeness (QED) is 0.381. The minimum atomic E-state index is -3.06. The Hall–Kier alpha value is -0.600. The number of hydrogen-bond acceptors (Lipinski definition) is 3. The summed E-state index contributed by atoms with van der Waals surface area (Å²) >= 11 is 0. The number of sulfonamides is 1. The molecule has 0 aliphatic rings. The second-order valence-electron chi connectivity index (χ2n) is 6.36. The Morgan fingerprint density at radius 3 is 1.91 bits per heavy atom. The number of nitrogens with zero attached hydrogens (tertiary/aromatic N) is 1. The molecule has 0 aromatic carbocycles. The summed E-state index contributed by atoms with van der Waals surface area (Å²) in [6.45, 7) is 2.76. The van der Waals surface area contributed by atoms with Gasteiger partial charge in [-0.05, 0) is 19.3 Å². The van der Waals surface area contributed by atoms with Gasteiger partial charge in [0.2, 0.25) is 10.0 Å². The first-order valence-electron chi connectivity index (χ1n) is 9.46. The summed E-state index contributed by atoms with van der Waals surface area (Å²) in [6, 6.07) is 2.16. The third-order valence-corrected chi connectivity index (χ3v) is 5.52. The van der Waals surface area contributed by atoms with Crippen LogP contribution in [0.1, 0.15) is 96.8 Å². The van der Waals surface area contributed by atoms with Crippen LogP contribution >= 0.6 is 0 Å². The van der Waals surface area contributed by atoms with Gasteiger partial charge in [-0.2, -0.15) is 5.26 Å². The minimum absolute atomic E-state index is 0.276. The highest BCUT2D eigenvalue weighted by atomic mass is 32.2. The van der Waals surface area contributed by atoms with Gasteiger partial charge in [-0.1, -0.05) is 71.1 Å². The molecule has 0 radical (unpaired) electrons. The third-order valence-electron chi connectivity index (χ3n) is 4.05. The molecule has 0 aromatic heterocycles. The summed E-state index contributed by atoms with van der Waals surface area (Å²) in [5, 5.41) is 8.43. The second kappa shape index (κ2) is 16.3. The predicted molar refractivity (Wildman–Crippen MR) is 97.7 cm³/mol. The van der Waals surface area contributed by atoms with Gasteiger partial charge in [0.15, 0.2) is 0 Å². The first kappa shape index (κ1) is 22.4. The lowest BCUT2D eigenvalue weighted by Crippen LogP contribution is -2.27. The SMILES string of the molecule is CCCCCCCCS(=O)(=O)NCCCCCCCCCC#N. The molecular formula is C18H36N2O2S. The van der Waals surface area contributed by atoms with E-state index in [-0.39, 0.29) is 5.75 Å². The number of rotatable bonds is 17. The Labute approximate surface area is 144 Å². The van der Waals surface area contributed by atoms with Gasteiger partial charge in [0.05, 0.1) is 11.8 Å². The molecule has 0 aliphatic carbocycles. The van der Waals surface area contributed by atoms with Crippen LogP contribution in [-0.4, -0.2) is 20.7 Å². The molecule has 5 heteroatoms. The van der Waals surface area contributed by atoms with Gasteiger partial charge in [-0.25, -0.2) is 13.1 Å². The normalized spacial score (nSPS) is 11.5. The maximum absolute atomic E-state index is 11.8. The van der Waals surface area contributed by atoms with Crippen molar-refractivity contribution in [3.05, 3.63) is 0 Å². The van der Waals surface area contributed by atoms with E-state index < -0.39 is 10.0 Å². The van der Waals surface area contributed by atoms with E-state index in [2.05, 4.69) is 17.7 Å². The molecular weight excluding hydrogens is 308 g/mol. The first-order chi connectivity index (χ1) is 11.1. The Kier molecular flexibility index (Phi) is 15.8. The molecule has 0 saturated carbocycles. The first-order valence-corrected chi connectivity index (χ1v) is 11.1. The predicted octanol–water partition coefficient (Wildman–Crippen LogP) is 4.91. The van der Waals surface area contributed by atoms with Crippen molar-refractivity contribution in [2.24, 2.45) is 0 Å². The second-order valence-corrected chi connectivity index (χ2v) is 8.29. The summed E-state index contributed by atoms with van der Waals surface area (Å²) in [6.07, 6.45) is 15.0. The van der Waals surface area contributed by atoms with Gasteiger partial charge < -0.3 is 0 Å². The maximum Gasteiger partial charge on any atom is 0.211 e. The zero-order valence-electron chi connectivity index (χ0n) is 15.0. The van der Waals surface area contributed by atoms with Crippen LogP contribution in [-0.2, 0) is 10.0 Å². The van der Waals surface area contributed by atoms with Crippen molar-refractivity contribution in [3.63, 3.8) is 0 Å². The topological polar surface area (TPSA) is 70.0 Å². The highest BCUT2D eigenvalue weighted by molar-refractivity contribution is 7.89. The highest BCUT2D eigenvalue weighted by Gasteiger charge is 2.08. The van der Waals surface area contributed by atoms with E-state index in [1.807, 2.05) is 0 Å². The summed E-state index contributed by atoms with van der Waals surface area (Å²) in [5.74, 6) is 0.276. The third kappa shape index (κ3) is 17.6. The molecule has 136 valence electrons. The van der Waals surface area contributed by atoms with Crippen LogP contribution in [0.4, 0.5) is 0 Å². The van der Waals surface area contributed by atoms with Crippen LogP contribution in [0.15, 0.2) is 0 Å². The van der Waals surface area contributed by atoms with Gasteiger partial charge in [0, 0.05) is 13.0 Å². The van der Waals surface area contributed by atoms with Crippen molar-refractivity contribution < 1.29 is 8.42 Å². The summed E-state index contributed by atoms with van der Waals surface area (Å²) < 4.78 is 26.4. The van der Waals surface area contributed by atoms with Crippen LogP contribution in [0.5, 0.6) is 0 Å². The minimum Gasteiger partial charge on any atom is -0.215 e. The lowest BCUT2D eigenvalue weighted by molar-refractivity contribution is 0.556. The average molecular weight is 345 g/mol. The molecule has 0 saturated heterocycles. The lowest BCUT2D eigenvalue weighted by atomic mass is 10.1. The van der Waals surface area contributed by atoms with Crippen molar-refractivity contribution in [2.75, 3.05) is 12.3 Å². The van der Waals surface area contributed by atoms with Gasteiger partial charge in [-0.3, -0.25) is 0 Å². The number of unbranched alkanes of at least 4 members (excludes halogenated alkanes) is 12. The molecule has 0 spiro atoms. The standard InChI is InChI=1S/C18H36N2O2S/c1-2-3-4-5-12-15-18-23(21,22)20-17-14-11-9-7-6-8-10-13-16-19/h20H,2-15,17-18H2,1H3. The molecule has 0 rings (SSSR count). The van der Waals surface area contributed by atoms with Crippen molar-refractivity contribution in [1.29, 1.82) is 5.26 Å². The van der Waals surface area contributed by atoms with E-state index >= 15 is 0 Å². The Morgan fingerprint density at radius 1 is 0.783 bits per heavy atom. The molecule has 4 nitrogen and oxygen atoms in total. The summed E-state index contributed by atoms with van der Waals surface area (Å²) in [4.78, 5) is 0. The van der Waals surface area contributed by atoms with Crippen molar-refractivity contribution >= 4 is 10.0 Å². The van der Waals surface area contributed by atoms with Gasteiger partial charge >= 0.3 is 0 Å². The van der Waals surface area contributed by atoms with Crippen molar-refractivity contribution in [1.82, 2.24) is 4.72 Å². The van der Waals surface area contributed by atoms with E-state index in [9.17, 15) is 8.42 Å². The lowest BCUT2D eigenvalue weighted by Gasteiger charge is -2.07. The fraction of sp³-hybridized carbons (Fsp3) is 0.944. The van der Waals surface area contributed by atoms with Crippen LogP contribution in [0.25, 0.3) is 0 Å². The van der Waals surface area contributed by atoms with E-state index in [1.165, 1.54) is 32.1 Å². The summed E-state index contributed by atoms with van der Waals surface area (Å²) in [7, 11) is -3.06. The van der Waals surface area contributed by atoms with E-state index in [1.54, 1.807) is 0 Å². The van der Waals surface area contributed by atoms with Gasteiger partial charge in [-0.15, -0.1) is 0 Å². The molecule has 1 N–H and O–H groups in total. The number of hydrogen-bond donors (Lipinski definition) is 1. The zero-order valence-corrected chi connectivity index (χ0v) is 15.8. The van der Waals surface area contributed by atoms with Gasteiger partial charge in [0.1, 0.15) is 0 Å². The van der Waals surface area contributed by atoms with Crippen LogP contribution < -0.4 is 4.72 Å². The fourth-order valence-corrected chi connectivity index (χ4v) is 3.77. The number of nitrogens with one attached hydrogen (secondary N) is 1. The fourth-order valence-electron chi connectivity index (χ4n) is 2.59. The monoisotopic (exact) mass is 344 g/mol. The smallest absolute Gasteiger partial charge is 0.211 e.